The molecule has 1 saturated heterocycles. The second-order valence-corrected chi connectivity index (χ2v) is 7.70. The van der Waals surface area contributed by atoms with Crippen LogP contribution in [0.1, 0.15) is 16.5 Å². The van der Waals surface area contributed by atoms with Crippen LogP contribution in [0.15, 0.2) is 35.7 Å². The van der Waals surface area contributed by atoms with Gasteiger partial charge < -0.3 is 10.1 Å². The van der Waals surface area contributed by atoms with E-state index in [0.717, 1.165) is 31.9 Å². The fraction of sp³-hybridized carbons (Fsp3) is 0.389. The first-order valence-corrected chi connectivity index (χ1v) is 9.83. The van der Waals surface area contributed by atoms with Crippen molar-refractivity contribution in [2.24, 2.45) is 0 Å². The molecule has 1 aliphatic heterocycles. The standard InChI is InChI=1S/C18H20Cl2N2O2S/c19-14-4-3-13(10-15(14)20)11-18(23)21-12-16(17-2-1-9-25-17)22-5-7-24-8-6-22/h1-4,9-10,16H,5-8,11-12H2,(H,21,23)/t16-/m0/s1. The van der Waals surface area contributed by atoms with E-state index in [1.165, 1.54) is 4.88 Å². The highest BCUT2D eigenvalue weighted by atomic mass is 35.5. The van der Waals surface area contributed by atoms with E-state index in [1.807, 2.05) is 12.1 Å². The zero-order valence-corrected chi connectivity index (χ0v) is 16.0. The Labute approximate surface area is 161 Å². The summed E-state index contributed by atoms with van der Waals surface area (Å²) in [5.41, 5.74) is 0.853. The van der Waals surface area contributed by atoms with Gasteiger partial charge in [-0.05, 0) is 29.1 Å². The molecule has 0 unspecified atom stereocenters. The molecule has 1 amide bonds. The molecule has 2 aromatic rings. The van der Waals surface area contributed by atoms with Gasteiger partial charge in [0.1, 0.15) is 0 Å². The van der Waals surface area contributed by atoms with Crippen LogP contribution in [-0.4, -0.2) is 43.7 Å². The quantitative estimate of drug-likeness (QED) is 0.804. The smallest absolute Gasteiger partial charge is 0.224 e. The molecule has 1 aromatic heterocycles. The van der Waals surface area contributed by atoms with Gasteiger partial charge in [-0.2, -0.15) is 0 Å². The van der Waals surface area contributed by atoms with Crippen LogP contribution in [-0.2, 0) is 16.0 Å². The lowest BCUT2D eigenvalue weighted by Crippen LogP contribution is -2.43. The summed E-state index contributed by atoms with van der Waals surface area (Å²) in [5.74, 6) is -0.0202. The minimum atomic E-state index is -0.0202. The van der Waals surface area contributed by atoms with Crippen molar-refractivity contribution in [2.75, 3.05) is 32.8 Å². The number of thiophene rings is 1. The first-order chi connectivity index (χ1) is 12.1. The number of benzene rings is 1. The molecule has 7 heteroatoms. The third-order valence-corrected chi connectivity index (χ3v) is 5.91. The van der Waals surface area contributed by atoms with Crippen LogP contribution in [0.3, 0.4) is 0 Å². The van der Waals surface area contributed by atoms with Crippen molar-refractivity contribution in [3.63, 3.8) is 0 Å². The maximum Gasteiger partial charge on any atom is 0.224 e. The average Bonchev–Trinajstić information content (AvgIpc) is 3.14. The van der Waals surface area contributed by atoms with E-state index in [-0.39, 0.29) is 18.4 Å². The van der Waals surface area contributed by atoms with Gasteiger partial charge in [0.15, 0.2) is 0 Å². The topological polar surface area (TPSA) is 41.6 Å². The van der Waals surface area contributed by atoms with Gasteiger partial charge in [-0.15, -0.1) is 11.3 Å². The number of amides is 1. The Balaban J connectivity index is 1.60. The summed E-state index contributed by atoms with van der Waals surface area (Å²) in [6.45, 7) is 3.81. The minimum Gasteiger partial charge on any atom is -0.379 e. The molecule has 1 aliphatic rings. The first kappa shape index (κ1) is 18.7. The molecule has 0 spiro atoms. The van der Waals surface area contributed by atoms with Crippen molar-refractivity contribution >= 4 is 40.4 Å². The van der Waals surface area contributed by atoms with Gasteiger partial charge in [-0.25, -0.2) is 0 Å². The van der Waals surface area contributed by atoms with Crippen molar-refractivity contribution in [3.05, 3.63) is 56.2 Å². The molecule has 3 rings (SSSR count). The predicted octanol–water partition coefficient (Wildman–Crippen LogP) is 3.79. The Bertz CT molecular complexity index is 703. The van der Waals surface area contributed by atoms with Gasteiger partial charge in [0.25, 0.3) is 0 Å². The zero-order chi connectivity index (χ0) is 17.6. The lowest BCUT2D eigenvalue weighted by Gasteiger charge is -2.34. The van der Waals surface area contributed by atoms with Gasteiger partial charge in [-0.1, -0.05) is 35.3 Å². The molecule has 0 radical (unpaired) electrons. The van der Waals surface area contributed by atoms with Crippen LogP contribution in [0.5, 0.6) is 0 Å². The van der Waals surface area contributed by atoms with Crippen LogP contribution in [0, 0.1) is 0 Å². The maximum atomic E-state index is 12.3. The Morgan fingerprint density at radius 1 is 1.24 bits per heavy atom. The summed E-state index contributed by atoms with van der Waals surface area (Å²) < 4.78 is 5.44. The third kappa shape index (κ3) is 5.19. The van der Waals surface area contributed by atoms with E-state index in [2.05, 4.69) is 21.7 Å². The third-order valence-electron chi connectivity index (χ3n) is 4.20. The van der Waals surface area contributed by atoms with E-state index in [4.69, 9.17) is 27.9 Å². The first-order valence-electron chi connectivity index (χ1n) is 8.19. The number of hydrogen-bond donors (Lipinski definition) is 1. The zero-order valence-electron chi connectivity index (χ0n) is 13.7. The Morgan fingerprint density at radius 3 is 2.72 bits per heavy atom. The molecule has 4 nitrogen and oxygen atoms in total. The van der Waals surface area contributed by atoms with Crippen LogP contribution in [0.2, 0.25) is 10.0 Å². The largest absolute Gasteiger partial charge is 0.379 e. The highest BCUT2D eigenvalue weighted by molar-refractivity contribution is 7.10. The molecular formula is C18H20Cl2N2O2S. The van der Waals surface area contributed by atoms with E-state index in [0.29, 0.717) is 16.6 Å². The Kier molecular flexibility index (Phi) is 6.73. The van der Waals surface area contributed by atoms with E-state index in [1.54, 1.807) is 23.5 Å². The fourth-order valence-corrected chi connectivity index (χ4v) is 4.07. The molecule has 0 saturated carbocycles. The van der Waals surface area contributed by atoms with Crippen molar-refractivity contribution in [1.82, 2.24) is 10.2 Å². The van der Waals surface area contributed by atoms with Gasteiger partial charge in [0.05, 0.1) is 35.7 Å². The molecule has 25 heavy (non-hydrogen) atoms. The molecule has 1 N–H and O–H groups in total. The molecule has 2 heterocycles. The summed E-state index contributed by atoms with van der Waals surface area (Å²) >= 11 is 13.6. The normalized spacial score (nSPS) is 16.6. The number of carbonyl (C=O) groups is 1. The van der Waals surface area contributed by atoms with Crippen LogP contribution < -0.4 is 5.32 Å². The predicted molar refractivity (Wildman–Crippen MR) is 103 cm³/mol. The molecule has 134 valence electrons. The van der Waals surface area contributed by atoms with Crippen LogP contribution in [0.25, 0.3) is 0 Å². The minimum absolute atomic E-state index is 0.0202. The fourth-order valence-electron chi connectivity index (χ4n) is 2.89. The van der Waals surface area contributed by atoms with Gasteiger partial charge in [0.2, 0.25) is 5.91 Å². The van der Waals surface area contributed by atoms with Crippen molar-refractivity contribution in [2.45, 2.75) is 12.5 Å². The van der Waals surface area contributed by atoms with Gasteiger partial charge in [0, 0.05) is 24.5 Å². The SMILES string of the molecule is O=C(Cc1ccc(Cl)c(Cl)c1)NC[C@@H](c1cccs1)N1CCOCC1. The molecule has 1 aromatic carbocycles. The monoisotopic (exact) mass is 398 g/mol. The lowest BCUT2D eigenvalue weighted by atomic mass is 10.1. The lowest BCUT2D eigenvalue weighted by molar-refractivity contribution is -0.120. The van der Waals surface area contributed by atoms with Crippen molar-refractivity contribution < 1.29 is 9.53 Å². The van der Waals surface area contributed by atoms with E-state index in [9.17, 15) is 4.79 Å². The number of rotatable bonds is 6. The summed E-state index contributed by atoms with van der Waals surface area (Å²) in [6, 6.07) is 9.63. The second kappa shape index (κ2) is 9.01. The van der Waals surface area contributed by atoms with Crippen molar-refractivity contribution in [1.29, 1.82) is 0 Å². The Morgan fingerprint density at radius 2 is 2.04 bits per heavy atom. The van der Waals surface area contributed by atoms with E-state index >= 15 is 0 Å². The molecule has 0 aliphatic carbocycles. The van der Waals surface area contributed by atoms with Crippen LogP contribution >= 0.6 is 34.5 Å². The number of morpholine rings is 1. The van der Waals surface area contributed by atoms with Crippen LogP contribution in [0.4, 0.5) is 0 Å². The number of halogens is 2. The molecule has 1 atom stereocenters. The average molecular weight is 399 g/mol. The number of carbonyl (C=O) groups excluding carboxylic acids is 1. The number of hydrogen-bond acceptors (Lipinski definition) is 4. The number of ether oxygens (including phenoxy) is 1. The highest BCUT2D eigenvalue weighted by Crippen LogP contribution is 2.26. The van der Waals surface area contributed by atoms with Gasteiger partial charge in [-0.3, -0.25) is 9.69 Å². The summed E-state index contributed by atoms with van der Waals surface area (Å²) in [6.07, 6.45) is 0.289. The van der Waals surface area contributed by atoms with Gasteiger partial charge >= 0.3 is 0 Å². The Hall–Kier alpha value is -1.11. The maximum absolute atomic E-state index is 12.3. The number of nitrogens with one attached hydrogen (secondary N) is 1. The number of nitrogens with zero attached hydrogens (tertiary/aromatic N) is 1. The molecule has 0 bridgehead atoms. The van der Waals surface area contributed by atoms with Crippen molar-refractivity contribution in [3.8, 4) is 0 Å². The highest BCUT2D eigenvalue weighted by Gasteiger charge is 2.23. The second-order valence-electron chi connectivity index (χ2n) is 5.91. The molecule has 1 fully saturated rings. The summed E-state index contributed by atoms with van der Waals surface area (Å²) in [4.78, 5) is 16.0. The summed E-state index contributed by atoms with van der Waals surface area (Å²) in [5, 5.41) is 6.10. The molecular weight excluding hydrogens is 379 g/mol. The van der Waals surface area contributed by atoms with E-state index < -0.39 is 0 Å². The summed E-state index contributed by atoms with van der Waals surface area (Å²) in [7, 11) is 0.